The number of esters is 2. The van der Waals surface area contributed by atoms with Gasteiger partial charge in [0.25, 0.3) is 0 Å². The van der Waals surface area contributed by atoms with Crippen molar-refractivity contribution in [3.05, 3.63) is 51.9 Å². The van der Waals surface area contributed by atoms with Gasteiger partial charge in [0.1, 0.15) is 29.7 Å². The molecule has 2 aromatic heterocycles. The van der Waals surface area contributed by atoms with E-state index in [9.17, 15) is 14.4 Å². The molecule has 0 radical (unpaired) electrons. The number of nitrogens with zero attached hydrogens (tertiary/aromatic N) is 2. The van der Waals surface area contributed by atoms with E-state index in [0.717, 1.165) is 0 Å². The average molecular weight is 416 g/mol. The molecule has 0 spiro atoms. The van der Waals surface area contributed by atoms with Crippen molar-refractivity contribution in [3.8, 4) is 0 Å². The molecule has 0 saturated heterocycles. The molecule has 10 heteroatoms. The van der Waals surface area contributed by atoms with E-state index < -0.39 is 24.0 Å². The van der Waals surface area contributed by atoms with E-state index in [-0.39, 0.29) is 24.5 Å². The maximum atomic E-state index is 12.7. The second-order valence-corrected chi connectivity index (χ2v) is 6.84. The molecule has 0 aliphatic carbocycles. The Kier molecular flexibility index (Phi) is 5.95. The highest BCUT2D eigenvalue weighted by atomic mass is 16.5. The Morgan fingerprint density at radius 2 is 1.93 bits per heavy atom. The third kappa shape index (κ3) is 4.07. The number of aryl methyl sites for hydroxylation is 3. The van der Waals surface area contributed by atoms with Crippen molar-refractivity contribution in [3.63, 3.8) is 0 Å². The summed E-state index contributed by atoms with van der Waals surface area (Å²) in [6.45, 7) is 6.69. The van der Waals surface area contributed by atoms with Crippen LogP contribution in [0.1, 0.15) is 46.2 Å². The van der Waals surface area contributed by atoms with Crippen LogP contribution in [0, 0.1) is 20.8 Å². The van der Waals surface area contributed by atoms with Crippen LogP contribution in [0.15, 0.2) is 27.8 Å². The Labute approximate surface area is 173 Å². The first-order valence-electron chi connectivity index (χ1n) is 9.44. The van der Waals surface area contributed by atoms with Gasteiger partial charge in [0, 0.05) is 12.7 Å². The molecular weight excluding hydrogens is 392 g/mol. The third-order valence-corrected chi connectivity index (χ3v) is 4.76. The Morgan fingerprint density at radius 1 is 1.20 bits per heavy atom. The molecule has 10 nitrogen and oxygen atoms in total. The van der Waals surface area contributed by atoms with Crippen molar-refractivity contribution in [1.82, 2.24) is 20.4 Å². The summed E-state index contributed by atoms with van der Waals surface area (Å²) < 4.78 is 17.7. The first-order valence-corrected chi connectivity index (χ1v) is 9.44. The van der Waals surface area contributed by atoms with E-state index in [1.165, 1.54) is 0 Å². The fourth-order valence-electron chi connectivity index (χ4n) is 3.28. The third-order valence-electron chi connectivity index (χ3n) is 4.76. The van der Waals surface area contributed by atoms with Crippen LogP contribution >= 0.6 is 0 Å². The molecule has 1 aliphatic rings. The molecule has 2 N–H and O–H groups in total. The molecule has 0 aromatic carbocycles. The molecule has 1 atom stereocenters. The summed E-state index contributed by atoms with van der Waals surface area (Å²) in [7, 11) is 1.73. The van der Waals surface area contributed by atoms with Crippen molar-refractivity contribution < 1.29 is 28.3 Å². The smallest absolute Gasteiger partial charge is 0.342 e. The molecule has 0 fully saturated rings. The second kappa shape index (κ2) is 8.44. The van der Waals surface area contributed by atoms with Gasteiger partial charge in [-0.15, -0.1) is 0 Å². The predicted molar refractivity (Wildman–Crippen MR) is 104 cm³/mol. The van der Waals surface area contributed by atoms with Crippen LogP contribution in [0.25, 0.3) is 0 Å². The topological polar surface area (TPSA) is 125 Å². The number of furan rings is 1. The summed E-state index contributed by atoms with van der Waals surface area (Å²) >= 11 is 0. The lowest BCUT2D eigenvalue weighted by atomic mass is 10.0. The van der Waals surface area contributed by atoms with Gasteiger partial charge in [0.15, 0.2) is 0 Å². The number of hydrogen-bond acceptors (Lipinski definition) is 7. The minimum absolute atomic E-state index is 0.109. The van der Waals surface area contributed by atoms with E-state index in [2.05, 4.69) is 15.7 Å². The molecule has 1 unspecified atom stereocenters. The molecule has 0 bridgehead atoms. The van der Waals surface area contributed by atoms with E-state index in [0.29, 0.717) is 28.5 Å². The van der Waals surface area contributed by atoms with E-state index >= 15 is 0 Å². The zero-order chi connectivity index (χ0) is 22.0. The predicted octanol–water partition coefficient (Wildman–Crippen LogP) is 1.97. The molecule has 30 heavy (non-hydrogen) atoms. The van der Waals surface area contributed by atoms with Gasteiger partial charge in [-0.05, 0) is 39.8 Å². The Hall–Kier alpha value is -3.56. The second-order valence-electron chi connectivity index (χ2n) is 6.84. The number of hydrogen-bond donors (Lipinski definition) is 2. The lowest BCUT2D eigenvalue weighted by molar-refractivity contribution is -0.139. The Balaban J connectivity index is 1.93. The van der Waals surface area contributed by atoms with Crippen LogP contribution in [-0.2, 0) is 21.3 Å². The molecule has 3 rings (SSSR count). The van der Waals surface area contributed by atoms with Gasteiger partial charge in [-0.25, -0.2) is 14.4 Å². The largest absolute Gasteiger partial charge is 0.464 e. The fraction of sp³-hybridized carbons (Fsp3) is 0.400. The highest BCUT2D eigenvalue weighted by Crippen LogP contribution is 2.29. The average Bonchev–Trinajstić information content (AvgIpc) is 3.22. The van der Waals surface area contributed by atoms with Crippen molar-refractivity contribution >= 4 is 18.0 Å². The molecular formula is C20H24N4O6. The normalized spacial score (nSPS) is 16.2. The van der Waals surface area contributed by atoms with Crippen molar-refractivity contribution in [2.24, 2.45) is 7.05 Å². The van der Waals surface area contributed by atoms with Gasteiger partial charge in [0.05, 0.1) is 23.6 Å². The maximum absolute atomic E-state index is 12.7. The quantitative estimate of drug-likeness (QED) is 0.690. The first-order chi connectivity index (χ1) is 14.2. The van der Waals surface area contributed by atoms with Crippen LogP contribution in [0.5, 0.6) is 0 Å². The molecule has 2 aromatic rings. The van der Waals surface area contributed by atoms with Gasteiger partial charge >= 0.3 is 18.0 Å². The van der Waals surface area contributed by atoms with Gasteiger partial charge in [-0.3, -0.25) is 4.68 Å². The van der Waals surface area contributed by atoms with Crippen LogP contribution in [0.4, 0.5) is 4.79 Å². The Bertz CT molecular complexity index is 1030. The number of rotatable bonds is 6. The van der Waals surface area contributed by atoms with Crippen LogP contribution in [-0.4, -0.2) is 41.0 Å². The first kappa shape index (κ1) is 21.2. The lowest BCUT2D eigenvalue weighted by Gasteiger charge is -2.27. The fourth-order valence-corrected chi connectivity index (χ4v) is 3.28. The van der Waals surface area contributed by atoms with Gasteiger partial charge in [-0.1, -0.05) is 0 Å². The van der Waals surface area contributed by atoms with Crippen molar-refractivity contribution in [2.75, 3.05) is 13.2 Å². The molecule has 3 heterocycles. The standard InChI is InChI=1S/C20H24N4O6/c1-6-28-19(26)16-13(9-29-18(25)15-11(3)23-24(5)12(15)4)21-20(27)22-17(16)14-8-7-10(2)30-14/h7-8,17H,6,9H2,1-5H3,(H2,21,22,27). The summed E-state index contributed by atoms with van der Waals surface area (Å²) in [6.07, 6.45) is 0. The summed E-state index contributed by atoms with van der Waals surface area (Å²) in [4.78, 5) is 37.5. The summed E-state index contributed by atoms with van der Waals surface area (Å²) in [5, 5.41) is 9.39. The minimum Gasteiger partial charge on any atom is -0.464 e. The number of carbonyl (C=O) groups excluding carboxylic acids is 3. The van der Waals surface area contributed by atoms with E-state index in [1.54, 1.807) is 51.6 Å². The SMILES string of the molecule is CCOC(=O)C1=C(COC(=O)c2c(C)nn(C)c2C)NC(=O)NC1c1ccc(C)o1. The number of aromatic nitrogens is 2. The maximum Gasteiger partial charge on any atom is 0.342 e. The van der Waals surface area contributed by atoms with E-state index in [1.807, 2.05) is 0 Å². The molecule has 2 amide bonds. The molecule has 160 valence electrons. The van der Waals surface area contributed by atoms with E-state index in [4.69, 9.17) is 13.9 Å². The number of urea groups is 1. The van der Waals surface area contributed by atoms with Crippen molar-refractivity contribution in [1.29, 1.82) is 0 Å². The zero-order valence-corrected chi connectivity index (χ0v) is 17.5. The van der Waals surface area contributed by atoms with Gasteiger partial charge in [-0.2, -0.15) is 5.10 Å². The summed E-state index contributed by atoms with van der Waals surface area (Å²) in [5.41, 5.74) is 1.75. The van der Waals surface area contributed by atoms with Gasteiger partial charge in [0.2, 0.25) is 0 Å². The number of carbonyl (C=O) groups is 3. The van der Waals surface area contributed by atoms with Crippen LogP contribution < -0.4 is 10.6 Å². The minimum atomic E-state index is -0.873. The number of ether oxygens (including phenoxy) is 2. The monoisotopic (exact) mass is 416 g/mol. The number of amides is 2. The van der Waals surface area contributed by atoms with Crippen LogP contribution in [0.2, 0.25) is 0 Å². The highest BCUT2D eigenvalue weighted by Gasteiger charge is 2.36. The Morgan fingerprint density at radius 3 is 2.50 bits per heavy atom. The highest BCUT2D eigenvalue weighted by molar-refractivity contribution is 5.95. The van der Waals surface area contributed by atoms with Crippen LogP contribution in [0.3, 0.4) is 0 Å². The molecule has 1 aliphatic heterocycles. The van der Waals surface area contributed by atoms with Crippen molar-refractivity contribution in [2.45, 2.75) is 33.7 Å². The zero-order valence-electron chi connectivity index (χ0n) is 17.5. The molecule has 0 saturated carbocycles. The summed E-state index contributed by atoms with van der Waals surface area (Å²) in [5.74, 6) is -0.263. The summed E-state index contributed by atoms with van der Waals surface area (Å²) in [6, 6.07) is 1.96. The number of nitrogens with one attached hydrogen (secondary N) is 2. The lowest BCUT2D eigenvalue weighted by Crippen LogP contribution is -2.47. The van der Waals surface area contributed by atoms with Gasteiger partial charge < -0.3 is 24.5 Å².